The summed E-state index contributed by atoms with van der Waals surface area (Å²) in [6, 6.07) is 13.2. The third-order valence-electron chi connectivity index (χ3n) is 4.10. The summed E-state index contributed by atoms with van der Waals surface area (Å²) in [4.78, 5) is 12.2. The van der Waals surface area contributed by atoms with Crippen molar-refractivity contribution in [1.82, 2.24) is 10.2 Å². The van der Waals surface area contributed by atoms with Crippen LogP contribution in [0.2, 0.25) is 0 Å². The maximum atomic E-state index is 12.2. The molecule has 0 saturated carbocycles. The number of carbonyl (C=O) groups excluding carboxylic acids is 1. The number of aromatic nitrogens is 2. The first-order valence-corrected chi connectivity index (χ1v) is 8.56. The highest BCUT2D eigenvalue weighted by Gasteiger charge is 2.16. The van der Waals surface area contributed by atoms with E-state index in [2.05, 4.69) is 22.4 Å². The number of rotatable bonds is 7. The quantitative estimate of drug-likeness (QED) is 0.688. The van der Waals surface area contributed by atoms with E-state index in [1.807, 2.05) is 24.3 Å². The number of anilines is 1. The zero-order valence-corrected chi connectivity index (χ0v) is 15.5. The number of hydrogen-bond acceptors (Lipinski definition) is 6. The Labute approximate surface area is 157 Å². The van der Waals surface area contributed by atoms with Gasteiger partial charge in [0, 0.05) is 0 Å². The number of carbonyl (C=O) groups is 1. The minimum absolute atomic E-state index is 0.0325. The summed E-state index contributed by atoms with van der Waals surface area (Å²) in [5.41, 5.74) is 2.73. The molecule has 27 heavy (non-hydrogen) atoms. The number of amides is 1. The van der Waals surface area contributed by atoms with Crippen LogP contribution in [-0.2, 0) is 17.6 Å². The lowest BCUT2D eigenvalue weighted by atomic mass is 10.1. The van der Waals surface area contributed by atoms with E-state index >= 15 is 0 Å². The van der Waals surface area contributed by atoms with Crippen LogP contribution >= 0.6 is 0 Å². The third-order valence-corrected chi connectivity index (χ3v) is 4.10. The van der Waals surface area contributed by atoms with Gasteiger partial charge < -0.3 is 13.9 Å². The lowest BCUT2D eigenvalue weighted by Gasteiger charge is -2.07. The number of nitrogens with zero attached hydrogens (tertiary/aromatic N) is 2. The van der Waals surface area contributed by atoms with Gasteiger partial charge in [-0.15, -0.1) is 5.10 Å². The topological polar surface area (TPSA) is 86.5 Å². The second kappa shape index (κ2) is 8.35. The van der Waals surface area contributed by atoms with Gasteiger partial charge in [0.05, 0.1) is 26.2 Å². The van der Waals surface area contributed by atoms with Gasteiger partial charge in [0.1, 0.15) is 11.5 Å². The van der Waals surface area contributed by atoms with Crippen LogP contribution in [0.4, 0.5) is 6.01 Å². The Morgan fingerprint density at radius 2 is 1.78 bits per heavy atom. The van der Waals surface area contributed by atoms with E-state index in [0.717, 1.165) is 12.0 Å². The third kappa shape index (κ3) is 4.44. The van der Waals surface area contributed by atoms with Crippen LogP contribution in [0.15, 0.2) is 46.9 Å². The fraction of sp³-hybridized carbons (Fsp3) is 0.250. The molecule has 0 spiro atoms. The molecular formula is C20H21N3O4. The average Bonchev–Trinajstić information content (AvgIpc) is 3.16. The number of nitrogens with one attached hydrogen (secondary N) is 1. The first kappa shape index (κ1) is 18.4. The highest BCUT2D eigenvalue weighted by Crippen LogP contribution is 2.33. The Balaban J connectivity index is 1.71. The lowest BCUT2D eigenvalue weighted by molar-refractivity contribution is -0.115. The van der Waals surface area contributed by atoms with Gasteiger partial charge in [0.15, 0.2) is 0 Å². The van der Waals surface area contributed by atoms with Crippen molar-refractivity contribution in [2.75, 3.05) is 19.5 Å². The van der Waals surface area contributed by atoms with Gasteiger partial charge in [-0.3, -0.25) is 10.1 Å². The number of benzene rings is 2. The molecule has 0 aliphatic rings. The summed E-state index contributed by atoms with van der Waals surface area (Å²) >= 11 is 0. The molecule has 0 radical (unpaired) electrons. The number of ether oxygens (including phenoxy) is 2. The Bertz CT molecular complexity index is 919. The van der Waals surface area contributed by atoms with Gasteiger partial charge in [-0.2, -0.15) is 0 Å². The van der Waals surface area contributed by atoms with Crippen molar-refractivity contribution in [2.45, 2.75) is 19.8 Å². The van der Waals surface area contributed by atoms with E-state index in [4.69, 9.17) is 13.9 Å². The number of aryl methyl sites for hydroxylation is 1. The van der Waals surface area contributed by atoms with Crippen LogP contribution in [-0.4, -0.2) is 30.3 Å². The normalized spacial score (nSPS) is 10.5. The van der Waals surface area contributed by atoms with Crippen molar-refractivity contribution in [1.29, 1.82) is 0 Å². The molecule has 140 valence electrons. The van der Waals surface area contributed by atoms with Crippen molar-refractivity contribution in [2.24, 2.45) is 0 Å². The standard InChI is InChI=1S/C20H21N3O4/c1-4-13-5-7-14(8-6-13)11-18(24)21-20-23-22-19(27-20)16-12-15(25-2)9-10-17(16)26-3/h5-10,12H,4,11H2,1-3H3,(H,21,23,24). The molecule has 0 aliphatic carbocycles. The molecule has 0 unspecified atom stereocenters. The molecule has 0 fully saturated rings. The fourth-order valence-electron chi connectivity index (χ4n) is 2.61. The van der Waals surface area contributed by atoms with Crippen LogP contribution in [0.5, 0.6) is 11.5 Å². The fourth-order valence-corrected chi connectivity index (χ4v) is 2.61. The molecule has 0 saturated heterocycles. The summed E-state index contributed by atoms with van der Waals surface area (Å²) in [6.07, 6.45) is 1.19. The van der Waals surface area contributed by atoms with Crippen LogP contribution in [0, 0.1) is 0 Å². The van der Waals surface area contributed by atoms with E-state index in [1.165, 1.54) is 5.56 Å². The molecule has 3 aromatic rings. The van der Waals surface area contributed by atoms with Gasteiger partial charge in [0.2, 0.25) is 5.91 Å². The second-order valence-electron chi connectivity index (χ2n) is 5.87. The molecule has 3 rings (SSSR count). The monoisotopic (exact) mass is 367 g/mol. The van der Waals surface area contributed by atoms with Gasteiger partial charge in [-0.05, 0) is 35.7 Å². The summed E-state index contributed by atoms with van der Waals surface area (Å²) in [6.45, 7) is 2.09. The Morgan fingerprint density at radius 3 is 2.44 bits per heavy atom. The van der Waals surface area contributed by atoms with Crippen molar-refractivity contribution in [3.05, 3.63) is 53.6 Å². The molecule has 1 heterocycles. The molecule has 2 aromatic carbocycles. The maximum absolute atomic E-state index is 12.2. The van der Waals surface area contributed by atoms with Crippen molar-refractivity contribution >= 4 is 11.9 Å². The summed E-state index contributed by atoms with van der Waals surface area (Å²) in [5, 5.41) is 10.5. The molecule has 0 atom stereocenters. The van der Waals surface area contributed by atoms with Crippen LogP contribution in [0.25, 0.3) is 11.5 Å². The van der Waals surface area contributed by atoms with Crippen molar-refractivity contribution < 1.29 is 18.7 Å². The number of methoxy groups -OCH3 is 2. The van der Waals surface area contributed by atoms with Gasteiger partial charge in [-0.1, -0.05) is 36.3 Å². The smallest absolute Gasteiger partial charge is 0.322 e. The molecule has 1 N–H and O–H groups in total. The minimum Gasteiger partial charge on any atom is -0.497 e. The van der Waals surface area contributed by atoms with Crippen molar-refractivity contribution in [3.8, 4) is 23.0 Å². The molecule has 1 amide bonds. The lowest BCUT2D eigenvalue weighted by Crippen LogP contribution is -2.14. The Kier molecular flexibility index (Phi) is 5.71. The first-order valence-electron chi connectivity index (χ1n) is 8.56. The predicted molar refractivity (Wildman–Crippen MR) is 101 cm³/mol. The molecule has 7 nitrogen and oxygen atoms in total. The van der Waals surface area contributed by atoms with E-state index in [9.17, 15) is 4.79 Å². The zero-order chi connectivity index (χ0) is 19.2. The largest absolute Gasteiger partial charge is 0.497 e. The molecule has 7 heteroatoms. The maximum Gasteiger partial charge on any atom is 0.322 e. The highest BCUT2D eigenvalue weighted by molar-refractivity contribution is 5.90. The summed E-state index contributed by atoms with van der Waals surface area (Å²) < 4.78 is 16.1. The van der Waals surface area contributed by atoms with Crippen LogP contribution in [0.3, 0.4) is 0 Å². The van der Waals surface area contributed by atoms with Gasteiger partial charge in [-0.25, -0.2) is 0 Å². The van der Waals surface area contributed by atoms with Gasteiger partial charge >= 0.3 is 6.01 Å². The first-order chi connectivity index (χ1) is 13.1. The minimum atomic E-state index is -0.230. The molecular weight excluding hydrogens is 346 g/mol. The van der Waals surface area contributed by atoms with E-state index in [-0.39, 0.29) is 24.2 Å². The summed E-state index contributed by atoms with van der Waals surface area (Å²) in [5.74, 6) is 1.19. The SMILES string of the molecule is CCc1ccc(CC(=O)Nc2nnc(-c3cc(OC)ccc3OC)o2)cc1. The highest BCUT2D eigenvalue weighted by atomic mass is 16.5. The zero-order valence-electron chi connectivity index (χ0n) is 15.5. The van der Waals surface area contributed by atoms with Crippen molar-refractivity contribution in [3.63, 3.8) is 0 Å². The Hall–Kier alpha value is -3.35. The number of hydrogen-bond donors (Lipinski definition) is 1. The van der Waals surface area contributed by atoms with E-state index in [1.54, 1.807) is 32.4 Å². The van der Waals surface area contributed by atoms with Crippen LogP contribution < -0.4 is 14.8 Å². The van der Waals surface area contributed by atoms with Gasteiger partial charge in [0.25, 0.3) is 5.89 Å². The predicted octanol–water partition coefficient (Wildman–Crippen LogP) is 3.50. The molecule has 0 aliphatic heterocycles. The Morgan fingerprint density at radius 1 is 1.04 bits per heavy atom. The molecule has 0 bridgehead atoms. The summed E-state index contributed by atoms with van der Waals surface area (Å²) in [7, 11) is 3.12. The average molecular weight is 367 g/mol. The molecule has 1 aromatic heterocycles. The van der Waals surface area contributed by atoms with E-state index in [0.29, 0.717) is 17.1 Å². The second-order valence-corrected chi connectivity index (χ2v) is 5.87. The van der Waals surface area contributed by atoms with Crippen LogP contribution in [0.1, 0.15) is 18.1 Å². The van der Waals surface area contributed by atoms with E-state index < -0.39 is 0 Å².